The molecular formula is C15H18N4O2. The smallest absolute Gasteiger partial charge is 0.233 e. The second-order valence-electron chi connectivity index (χ2n) is 4.80. The molecule has 2 heterocycles. The van der Waals surface area contributed by atoms with Crippen LogP contribution in [-0.4, -0.2) is 30.7 Å². The molecule has 0 bridgehead atoms. The maximum absolute atomic E-state index is 5.14. The number of nitrogens with one attached hydrogen (secondary N) is 2. The molecule has 0 fully saturated rings. The van der Waals surface area contributed by atoms with E-state index in [1.165, 1.54) is 11.3 Å². The molecule has 2 aromatic rings. The molecule has 0 atom stereocenters. The predicted octanol–water partition coefficient (Wildman–Crippen LogP) is 2.60. The Bertz CT molecular complexity index is 623. The molecule has 0 aliphatic carbocycles. The zero-order chi connectivity index (χ0) is 14.7. The predicted molar refractivity (Wildman–Crippen MR) is 81.7 cm³/mol. The average molecular weight is 286 g/mol. The van der Waals surface area contributed by atoms with Gasteiger partial charge in [0.2, 0.25) is 17.7 Å². The van der Waals surface area contributed by atoms with E-state index in [-0.39, 0.29) is 0 Å². The van der Waals surface area contributed by atoms with Gasteiger partial charge in [-0.05, 0) is 36.6 Å². The largest absolute Gasteiger partial charge is 0.481 e. The highest BCUT2D eigenvalue weighted by molar-refractivity contribution is 5.64. The monoisotopic (exact) mass is 286 g/mol. The van der Waals surface area contributed by atoms with Gasteiger partial charge in [-0.2, -0.15) is 9.97 Å². The van der Waals surface area contributed by atoms with E-state index >= 15 is 0 Å². The first kappa shape index (κ1) is 13.5. The molecule has 1 aliphatic rings. The van der Waals surface area contributed by atoms with E-state index in [1.807, 2.05) is 6.07 Å². The summed E-state index contributed by atoms with van der Waals surface area (Å²) in [5, 5.41) is 6.58. The van der Waals surface area contributed by atoms with Crippen LogP contribution in [0.5, 0.6) is 11.8 Å². The number of nitrogens with zero attached hydrogens (tertiary/aromatic N) is 2. The van der Waals surface area contributed by atoms with Crippen LogP contribution in [0.2, 0.25) is 0 Å². The lowest BCUT2D eigenvalue weighted by Crippen LogP contribution is -2.11. The highest BCUT2D eigenvalue weighted by Gasteiger charge is 2.10. The Morgan fingerprint density at radius 1 is 1.10 bits per heavy atom. The highest BCUT2D eigenvalue weighted by Crippen LogP contribution is 2.27. The van der Waals surface area contributed by atoms with E-state index in [4.69, 9.17) is 9.47 Å². The van der Waals surface area contributed by atoms with Crippen molar-refractivity contribution in [3.8, 4) is 11.8 Å². The molecule has 6 heteroatoms. The molecule has 110 valence electrons. The van der Waals surface area contributed by atoms with Gasteiger partial charge in [-0.3, -0.25) is 0 Å². The molecule has 0 saturated heterocycles. The SMILES string of the molecule is COc1cc(OC)nc(Nc2ccc3c(c2)CCCN3)n1. The number of aryl methyl sites for hydroxylation is 1. The lowest BCUT2D eigenvalue weighted by Gasteiger charge is -2.18. The minimum Gasteiger partial charge on any atom is -0.481 e. The number of anilines is 3. The highest BCUT2D eigenvalue weighted by atomic mass is 16.5. The molecule has 21 heavy (non-hydrogen) atoms. The van der Waals surface area contributed by atoms with Crippen molar-refractivity contribution in [2.75, 3.05) is 31.4 Å². The molecule has 0 unspecified atom stereocenters. The third kappa shape index (κ3) is 2.99. The van der Waals surface area contributed by atoms with Gasteiger partial charge in [0, 0.05) is 17.9 Å². The van der Waals surface area contributed by atoms with Gasteiger partial charge in [-0.15, -0.1) is 0 Å². The Kier molecular flexibility index (Phi) is 3.77. The first-order valence-corrected chi connectivity index (χ1v) is 6.89. The Labute approximate surface area is 123 Å². The molecule has 1 aliphatic heterocycles. The summed E-state index contributed by atoms with van der Waals surface area (Å²) in [6, 6.07) is 7.85. The fourth-order valence-corrected chi connectivity index (χ4v) is 2.35. The minimum absolute atomic E-state index is 0.454. The molecule has 1 aromatic carbocycles. The summed E-state index contributed by atoms with van der Waals surface area (Å²) >= 11 is 0. The average Bonchev–Trinajstić information content (AvgIpc) is 2.54. The van der Waals surface area contributed by atoms with E-state index in [0.717, 1.165) is 25.1 Å². The van der Waals surface area contributed by atoms with Crippen LogP contribution in [0.3, 0.4) is 0 Å². The van der Waals surface area contributed by atoms with E-state index in [1.54, 1.807) is 20.3 Å². The molecule has 0 radical (unpaired) electrons. The zero-order valence-corrected chi connectivity index (χ0v) is 12.1. The third-order valence-corrected chi connectivity index (χ3v) is 3.40. The topological polar surface area (TPSA) is 68.3 Å². The molecule has 0 spiro atoms. The van der Waals surface area contributed by atoms with Crippen LogP contribution in [0, 0.1) is 0 Å². The van der Waals surface area contributed by atoms with E-state index in [9.17, 15) is 0 Å². The van der Waals surface area contributed by atoms with Crippen molar-refractivity contribution in [2.24, 2.45) is 0 Å². The molecule has 3 rings (SSSR count). The first-order chi connectivity index (χ1) is 10.3. The number of hydrogen-bond donors (Lipinski definition) is 2. The van der Waals surface area contributed by atoms with Crippen molar-refractivity contribution in [1.82, 2.24) is 9.97 Å². The maximum Gasteiger partial charge on any atom is 0.233 e. The van der Waals surface area contributed by atoms with Gasteiger partial charge < -0.3 is 20.1 Å². The van der Waals surface area contributed by atoms with E-state index in [0.29, 0.717) is 17.7 Å². The Balaban J connectivity index is 1.86. The number of ether oxygens (including phenoxy) is 2. The van der Waals surface area contributed by atoms with Crippen molar-refractivity contribution < 1.29 is 9.47 Å². The van der Waals surface area contributed by atoms with Crippen molar-refractivity contribution in [3.63, 3.8) is 0 Å². The zero-order valence-electron chi connectivity index (χ0n) is 12.1. The Morgan fingerprint density at radius 2 is 1.86 bits per heavy atom. The van der Waals surface area contributed by atoms with Gasteiger partial charge in [0.05, 0.1) is 20.3 Å². The van der Waals surface area contributed by atoms with Crippen LogP contribution in [0.15, 0.2) is 24.3 Å². The molecule has 6 nitrogen and oxygen atoms in total. The number of benzene rings is 1. The first-order valence-electron chi connectivity index (χ1n) is 6.89. The summed E-state index contributed by atoms with van der Waals surface area (Å²) in [5.41, 5.74) is 3.46. The summed E-state index contributed by atoms with van der Waals surface area (Å²) in [7, 11) is 3.13. The maximum atomic E-state index is 5.14. The normalized spacial score (nSPS) is 13.0. The van der Waals surface area contributed by atoms with Gasteiger partial charge in [0.1, 0.15) is 0 Å². The lowest BCUT2D eigenvalue weighted by atomic mass is 10.0. The second kappa shape index (κ2) is 5.87. The number of hydrogen-bond acceptors (Lipinski definition) is 6. The molecule has 2 N–H and O–H groups in total. The summed E-state index contributed by atoms with van der Waals surface area (Å²) in [6.45, 7) is 1.04. The fourth-order valence-electron chi connectivity index (χ4n) is 2.35. The van der Waals surface area contributed by atoms with Gasteiger partial charge in [-0.25, -0.2) is 0 Å². The minimum atomic E-state index is 0.454. The van der Waals surface area contributed by atoms with Gasteiger partial charge in [0.25, 0.3) is 0 Å². The van der Waals surface area contributed by atoms with E-state index in [2.05, 4.69) is 32.7 Å². The van der Waals surface area contributed by atoms with Crippen LogP contribution in [0.1, 0.15) is 12.0 Å². The molecular weight excluding hydrogens is 268 g/mol. The number of rotatable bonds is 4. The summed E-state index contributed by atoms with van der Waals surface area (Å²) in [5.74, 6) is 1.38. The second-order valence-corrected chi connectivity index (χ2v) is 4.80. The van der Waals surface area contributed by atoms with Gasteiger partial charge >= 0.3 is 0 Å². The van der Waals surface area contributed by atoms with Crippen molar-refractivity contribution >= 4 is 17.3 Å². The van der Waals surface area contributed by atoms with Crippen LogP contribution in [0.4, 0.5) is 17.3 Å². The van der Waals surface area contributed by atoms with E-state index < -0.39 is 0 Å². The quantitative estimate of drug-likeness (QED) is 0.900. The summed E-state index contributed by atoms with van der Waals surface area (Å²) in [4.78, 5) is 8.53. The Hall–Kier alpha value is -2.50. The van der Waals surface area contributed by atoms with Crippen LogP contribution in [0.25, 0.3) is 0 Å². The van der Waals surface area contributed by atoms with Gasteiger partial charge in [-0.1, -0.05) is 0 Å². The van der Waals surface area contributed by atoms with Crippen molar-refractivity contribution in [3.05, 3.63) is 29.8 Å². The van der Waals surface area contributed by atoms with Gasteiger partial charge in [0.15, 0.2) is 0 Å². The standard InChI is InChI=1S/C15H18N4O2/c1-20-13-9-14(21-2)19-15(18-13)17-11-5-6-12-10(8-11)4-3-7-16-12/h5-6,8-9,16H,3-4,7H2,1-2H3,(H,17,18,19). The number of fused-ring (bicyclic) bond motifs is 1. The van der Waals surface area contributed by atoms with Crippen molar-refractivity contribution in [1.29, 1.82) is 0 Å². The fraction of sp³-hybridized carbons (Fsp3) is 0.333. The number of aromatic nitrogens is 2. The van der Waals surface area contributed by atoms with Crippen LogP contribution >= 0.6 is 0 Å². The lowest BCUT2D eigenvalue weighted by molar-refractivity contribution is 0.373. The Morgan fingerprint density at radius 3 is 2.57 bits per heavy atom. The van der Waals surface area contributed by atoms with Crippen molar-refractivity contribution in [2.45, 2.75) is 12.8 Å². The molecule has 1 aromatic heterocycles. The molecule has 0 amide bonds. The summed E-state index contributed by atoms with van der Waals surface area (Å²) < 4.78 is 10.3. The van der Waals surface area contributed by atoms with Crippen LogP contribution < -0.4 is 20.1 Å². The number of methoxy groups -OCH3 is 2. The third-order valence-electron chi connectivity index (χ3n) is 3.40. The summed E-state index contributed by atoms with van der Waals surface area (Å²) in [6.07, 6.45) is 2.24. The molecule has 0 saturated carbocycles. The van der Waals surface area contributed by atoms with Crippen LogP contribution in [-0.2, 0) is 6.42 Å².